The van der Waals surface area contributed by atoms with Crippen molar-refractivity contribution in [3.63, 3.8) is 0 Å². The van der Waals surface area contributed by atoms with Crippen molar-refractivity contribution in [2.45, 2.75) is 25.7 Å². The van der Waals surface area contributed by atoms with Crippen LogP contribution >= 0.6 is 11.6 Å². The summed E-state index contributed by atoms with van der Waals surface area (Å²) in [6, 6.07) is 11.7. The zero-order valence-electron chi connectivity index (χ0n) is 17.4. The van der Waals surface area contributed by atoms with Crippen molar-refractivity contribution < 1.29 is 23.9 Å². The van der Waals surface area contributed by atoms with Gasteiger partial charge >= 0.3 is 0 Å². The summed E-state index contributed by atoms with van der Waals surface area (Å²) in [6.45, 7) is 0.933. The first-order valence-electron chi connectivity index (χ1n) is 10.6. The maximum Gasteiger partial charge on any atom is 0.262 e. The molecule has 1 N–H and O–H groups in total. The van der Waals surface area contributed by atoms with Gasteiger partial charge in [0.1, 0.15) is 5.75 Å². The second-order valence-electron chi connectivity index (χ2n) is 8.00. The predicted molar refractivity (Wildman–Crippen MR) is 119 cm³/mol. The van der Waals surface area contributed by atoms with Gasteiger partial charge in [-0.3, -0.25) is 19.2 Å². The Hall–Kier alpha value is -3.19. The molecule has 2 aliphatic heterocycles. The van der Waals surface area contributed by atoms with E-state index in [0.29, 0.717) is 53.5 Å². The summed E-state index contributed by atoms with van der Waals surface area (Å²) in [5, 5.41) is 3.27. The minimum atomic E-state index is -0.247. The van der Waals surface area contributed by atoms with Gasteiger partial charge in [-0.25, -0.2) is 0 Å². The molecule has 0 aromatic heterocycles. The van der Waals surface area contributed by atoms with Crippen LogP contribution in [-0.2, 0) is 9.59 Å². The number of rotatable bonds is 6. The lowest BCUT2D eigenvalue weighted by Crippen LogP contribution is -2.40. The number of nitrogens with one attached hydrogen (secondary N) is 1. The molecule has 0 aliphatic carbocycles. The molecular weight excluding hydrogens is 432 g/mol. The molecule has 2 aliphatic rings. The lowest BCUT2D eigenvalue weighted by atomic mass is 9.88. The molecule has 2 aromatic rings. The molecule has 2 aromatic carbocycles. The van der Waals surface area contributed by atoms with Crippen LogP contribution < -0.4 is 10.1 Å². The Morgan fingerprint density at radius 3 is 2.41 bits per heavy atom. The number of hydrogen-bond acceptors (Lipinski definition) is 5. The third-order valence-corrected chi connectivity index (χ3v) is 6.10. The number of benzene rings is 2. The van der Waals surface area contributed by atoms with Crippen LogP contribution in [0.3, 0.4) is 0 Å². The number of piperidine rings is 1. The van der Waals surface area contributed by atoms with Gasteiger partial charge < -0.3 is 15.0 Å². The van der Waals surface area contributed by atoms with Gasteiger partial charge in [-0.05, 0) is 55.3 Å². The molecule has 0 bridgehead atoms. The number of halogens is 1. The van der Waals surface area contributed by atoms with Gasteiger partial charge in [0.05, 0.1) is 5.69 Å². The second kappa shape index (κ2) is 9.53. The van der Waals surface area contributed by atoms with Crippen LogP contribution in [0, 0.1) is 5.92 Å². The first-order valence-corrected chi connectivity index (χ1v) is 11.0. The molecule has 32 heavy (non-hydrogen) atoms. The first-order chi connectivity index (χ1) is 15.4. The van der Waals surface area contributed by atoms with Crippen LogP contribution in [0.4, 0.5) is 5.69 Å². The van der Waals surface area contributed by atoms with E-state index < -0.39 is 0 Å². The van der Waals surface area contributed by atoms with Crippen LogP contribution in [0.1, 0.15) is 46.4 Å². The van der Waals surface area contributed by atoms with Gasteiger partial charge in [-0.1, -0.05) is 11.6 Å². The Balaban J connectivity index is 1.28. The van der Waals surface area contributed by atoms with Crippen molar-refractivity contribution in [3.05, 3.63) is 58.6 Å². The number of ketones is 2. The summed E-state index contributed by atoms with van der Waals surface area (Å²) in [5.74, 6) is -0.0563. The highest BCUT2D eigenvalue weighted by molar-refractivity contribution is 6.30. The van der Waals surface area contributed by atoms with Crippen LogP contribution in [0.5, 0.6) is 5.75 Å². The molecule has 166 valence electrons. The van der Waals surface area contributed by atoms with E-state index in [2.05, 4.69) is 5.32 Å². The van der Waals surface area contributed by atoms with Crippen molar-refractivity contribution in [3.8, 4) is 5.75 Å². The van der Waals surface area contributed by atoms with Crippen molar-refractivity contribution in [2.75, 3.05) is 25.0 Å². The summed E-state index contributed by atoms with van der Waals surface area (Å²) >= 11 is 5.84. The Kier molecular flexibility index (Phi) is 6.55. The van der Waals surface area contributed by atoms with E-state index in [-0.39, 0.29) is 48.7 Å². The molecule has 1 saturated heterocycles. The number of anilines is 1. The lowest BCUT2D eigenvalue weighted by molar-refractivity contribution is -0.132. The number of hydrogen-bond donors (Lipinski definition) is 1. The van der Waals surface area contributed by atoms with Crippen molar-refractivity contribution in [2.24, 2.45) is 5.92 Å². The third kappa shape index (κ3) is 4.99. The van der Waals surface area contributed by atoms with Gasteiger partial charge in [-0.15, -0.1) is 0 Å². The summed E-state index contributed by atoms with van der Waals surface area (Å²) in [6.07, 6.45) is 1.41. The minimum Gasteiger partial charge on any atom is -0.482 e. The van der Waals surface area contributed by atoms with E-state index in [0.717, 1.165) is 0 Å². The number of nitrogens with zero attached hydrogens (tertiary/aromatic N) is 1. The van der Waals surface area contributed by atoms with Gasteiger partial charge in [-0.2, -0.15) is 0 Å². The SMILES string of the molecule is O=C1COc2ccc(C(=O)C3CCN(C(=O)CCC(=O)c4ccc(Cl)cc4)CC3)cc2N1. The minimum absolute atomic E-state index is 0.00219. The molecule has 0 atom stereocenters. The molecule has 2 amide bonds. The van der Waals surface area contributed by atoms with Gasteiger partial charge in [0.2, 0.25) is 5.91 Å². The van der Waals surface area contributed by atoms with E-state index in [1.807, 2.05) is 0 Å². The number of fused-ring (bicyclic) bond motifs is 1. The van der Waals surface area contributed by atoms with E-state index in [4.69, 9.17) is 16.3 Å². The standard InChI is InChI=1S/C24H23ClN2O5/c25-18-4-1-15(2-5-18)20(28)6-8-23(30)27-11-9-16(10-12-27)24(31)17-3-7-21-19(13-17)26-22(29)14-32-21/h1-5,7,13,16H,6,8-12,14H2,(H,26,29). The number of carbonyl (C=O) groups is 4. The lowest BCUT2D eigenvalue weighted by Gasteiger charge is -2.31. The van der Waals surface area contributed by atoms with Crippen LogP contribution in [-0.4, -0.2) is 48.0 Å². The van der Waals surface area contributed by atoms with Crippen molar-refractivity contribution >= 4 is 40.7 Å². The maximum atomic E-state index is 12.9. The molecule has 2 heterocycles. The molecule has 0 spiro atoms. The number of carbonyl (C=O) groups excluding carboxylic acids is 4. The van der Waals surface area contributed by atoms with E-state index >= 15 is 0 Å². The van der Waals surface area contributed by atoms with Crippen molar-refractivity contribution in [1.82, 2.24) is 4.90 Å². The van der Waals surface area contributed by atoms with Gasteiger partial charge in [0.15, 0.2) is 18.2 Å². The fraction of sp³-hybridized carbons (Fsp3) is 0.333. The summed E-state index contributed by atoms with van der Waals surface area (Å²) in [4.78, 5) is 51.0. The highest BCUT2D eigenvalue weighted by atomic mass is 35.5. The average molecular weight is 455 g/mol. The number of amides is 2. The Morgan fingerprint density at radius 1 is 1.00 bits per heavy atom. The summed E-state index contributed by atoms with van der Waals surface area (Å²) < 4.78 is 5.33. The molecule has 0 saturated carbocycles. The highest BCUT2D eigenvalue weighted by Gasteiger charge is 2.29. The molecular formula is C24H23ClN2O5. The topological polar surface area (TPSA) is 92.8 Å². The zero-order chi connectivity index (χ0) is 22.7. The van der Waals surface area contributed by atoms with Gasteiger partial charge in [0.25, 0.3) is 5.91 Å². The normalized spacial score (nSPS) is 16.0. The number of Topliss-reactive ketones (excluding diaryl/α,β-unsaturated/α-hetero) is 2. The van der Waals surface area contributed by atoms with Gasteiger partial charge in [0, 0.05) is 48.0 Å². The quantitative estimate of drug-likeness (QED) is 0.671. The molecule has 4 rings (SSSR count). The molecule has 0 radical (unpaired) electrons. The van der Waals surface area contributed by atoms with E-state index in [1.165, 1.54) is 0 Å². The fourth-order valence-corrected chi connectivity index (χ4v) is 4.15. The third-order valence-electron chi connectivity index (χ3n) is 5.85. The molecule has 1 fully saturated rings. The smallest absolute Gasteiger partial charge is 0.262 e. The average Bonchev–Trinajstić information content (AvgIpc) is 2.82. The second-order valence-corrected chi connectivity index (χ2v) is 8.43. The zero-order valence-corrected chi connectivity index (χ0v) is 18.2. The van der Waals surface area contributed by atoms with E-state index in [1.54, 1.807) is 47.4 Å². The van der Waals surface area contributed by atoms with Crippen LogP contribution in [0.15, 0.2) is 42.5 Å². The molecule has 7 nitrogen and oxygen atoms in total. The maximum absolute atomic E-state index is 12.9. The largest absolute Gasteiger partial charge is 0.482 e. The summed E-state index contributed by atoms with van der Waals surface area (Å²) in [7, 11) is 0. The highest BCUT2D eigenvalue weighted by Crippen LogP contribution is 2.31. The van der Waals surface area contributed by atoms with Crippen LogP contribution in [0.25, 0.3) is 0 Å². The van der Waals surface area contributed by atoms with E-state index in [9.17, 15) is 19.2 Å². The van der Waals surface area contributed by atoms with Crippen molar-refractivity contribution in [1.29, 1.82) is 0 Å². The number of ether oxygens (including phenoxy) is 1. The molecule has 0 unspecified atom stereocenters. The Morgan fingerprint density at radius 2 is 1.69 bits per heavy atom. The fourth-order valence-electron chi connectivity index (χ4n) is 4.02. The summed E-state index contributed by atoms with van der Waals surface area (Å²) in [5.41, 5.74) is 1.57. The number of likely N-dealkylation sites (tertiary alicyclic amines) is 1. The predicted octanol–water partition coefficient (Wildman–Crippen LogP) is 3.76. The van der Waals surface area contributed by atoms with Crippen LogP contribution in [0.2, 0.25) is 5.02 Å². The first kappa shape index (κ1) is 22.0. The monoisotopic (exact) mass is 454 g/mol. The Labute approximate surface area is 190 Å². The Bertz CT molecular complexity index is 1060. The molecule has 8 heteroatoms.